The van der Waals surface area contributed by atoms with E-state index in [1.165, 1.54) is 0 Å². The number of amides is 1. The molecule has 178 valence electrons. The number of methoxy groups -OCH3 is 1. The van der Waals surface area contributed by atoms with Crippen LogP contribution in [-0.4, -0.2) is 46.2 Å². The summed E-state index contributed by atoms with van der Waals surface area (Å²) < 4.78 is 34.5. The lowest BCUT2D eigenvalue weighted by molar-refractivity contribution is -0.122. The number of nitrogens with one attached hydrogen (secondary N) is 2. The summed E-state index contributed by atoms with van der Waals surface area (Å²) in [6, 6.07) is 14.5. The van der Waals surface area contributed by atoms with E-state index in [0.29, 0.717) is 18.5 Å². The second-order valence-corrected chi connectivity index (χ2v) is 10.8. The predicted molar refractivity (Wildman–Crippen MR) is 130 cm³/mol. The van der Waals surface area contributed by atoms with E-state index < -0.39 is 15.6 Å². The minimum Gasteiger partial charge on any atom is -0.380 e. The smallest absolute Gasteiger partial charge is 0.245 e. The first-order valence-corrected chi connectivity index (χ1v) is 13.1. The fraction of sp³-hybridized carbons (Fsp3) is 0.480. The van der Waals surface area contributed by atoms with E-state index in [0.717, 1.165) is 50.0 Å². The Morgan fingerprint density at radius 1 is 1.09 bits per heavy atom. The molecule has 1 atom stereocenters. The van der Waals surface area contributed by atoms with E-state index in [9.17, 15) is 13.2 Å². The zero-order valence-corrected chi connectivity index (χ0v) is 20.2. The number of benzene rings is 2. The Morgan fingerprint density at radius 2 is 1.82 bits per heavy atom. The monoisotopic (exact) mass is 471 g/mol. The number of hydrogen-bond donors (Lipinski definition) is 2. The van der Waals surface area contributed by atoms with Crippen molar-refractivity contribution >= 4 is 27.3 Å². The second kappa shape index (κ2) is 9.83. The van der Waals surface area contributed by atoms with Crippen LogP contribution in [0.25, 0.3) is 0 Å². The molecule has 0 aromatic heterocycles. The summed E-state index contributed by atoms with van der Waals surface area (Å²) >= 11 is 0. The third-order valence-electron chi connectivity index (χ3n) is 6.74. The molecule has 0 spiro atoms. The lowest BCUT2D eigenvalue weighted by atomic mass is 9.82. The summed E-state index contributed by atoms with van der Waals surface area (Å²) in [7, 11) is -2.10. The number of anilines is 2. The molecule has 1 saturated heterocycles. The molecule has 4 rings (SSSR count). The number of carbonyl (C=O) groups excluding carboxylic acids is 1. The van der Waals surface area contributed by atoms with Gasteiger partial charge in [0.15, 0.2) is 0 Å². The highest BCUT2D eigenvalue weighted by Crippen LogP contribution is 2.32. The Balaban J connectivity index is 1.50. The Kier molecular flexibility index (Phi) is 7.07. The third kappa shape index (κ3) is 5.39. The van der Waals surface area contributed by atoms with E-state index in [1.54, 1.807) is 25.3 Å². The van der Waals surface area contributed by atoms with E-state index >= 15 is 0 Å². The summed E-state index contributed by atoms with van der Waals surface area (Å²) in [5.74, 6) is -0.299. The molecule has 0 radical (unpaired) electrons. The molecular formula is C25H33N3O4S. The van der Waals surface area contributed by atoms with Crippen molar-refractivity contribution in [3.8, 4) is 0 Å². The molecule has 1 amide bonds. The van der Waals surface area contributed by atoms with Crippen LogP contribution in [0.15, 0.2) is 53.4 Å². The molecule has 2 aromatic carbocycles. The van der Waals surface area contributed by atoms with Gasteiger partial charge in [-0.3, -0.25) is 4.79 Å². The maximum Gasteiger partial charge on any atom is 0.245 e. The number of carbonyl (C=O) groups is 1. The van der Waals surface area contributed by atoms with E-state index in [-0.39, 0.29) is 16.9 Å². The normalized spacial score (nSPS) is 20.5. The van der Waals surface area contributed by atoms with Gasteiger partial charge in [0.1, 0.15) is 5.54 Å². The minimum atomic E-state index is -3.83. The maximum absolute atomic E-state index is 13.4. The van der Waals surface area contributed by atoms with Crippen molar-refractivity contribution in [2.75, 3.05) is 30.4 Å². The summed E-state index contributed by atoms with van der Waals surface area (Å²) in [6.07, 6.45) is 4.81. The summed E-state index contributed by atoms with van der Waals surface area (Å²) in [5, 5.41) is 2.97. The van der Waals surface area contributed by atoms with Gasteiger partial charge in [0, 0.05) is 31.6 Å². The standard InChI is InChI=1S/C25H33N3O4S/c1-19-7-6-8-23(17-19)33(30,31)27-25(14-4-3-5-15-25)24(29)26-20-9-11-21(12-10-20)28-16-13-22(18-28)32-2/h6-12,17,22,27H,3-5,13-16,18H2,1-2H3,(H,26,29). The number of hydrogen-bond acceptors (Lipinski definition) is 5. The van der Waals surface area contributed by atoms with Gasteiger partial charge in [-0.15, -0.1) is 0 Å². The number of sulfonamides is 1. The van der Waals surface area contributed by atoms with Crippen molar-refractivity contribution < 1.29 is 17.9 Å². The number of rotatable bonds is 7. The largest absolute Gasteiger partial charge is 0.380 e. The van der Waals surface area contributed by atoms with E-state index in [2.05, 4.69) is 14.9 Å². The highest BCUT2D eigenvalue weighted by Gasteiger charge is 2.43. The second-order valence-electron chi connectivity index (χ2n) is 9.16. The van der Waals surface area contributed by atoms with Gasteiger partial charge < -0.3 is 15.0 Å². The SMILES string of the molecule is COC1CCN(c2ccc(NC(=O)C3(NS(=O)(=O)c4cccc(C)c4)CCCCC3)cc2)C1. The van der Waals surface area contributed by atoms with Crippen LogP contribution in [0.2, 0.25) is 0 Å². The Labute approximate surface area is 196 Å². The van der Waals surface area contributed by atoms with Gasteiger partial charge in [-0.2, -0.15) is 4.72 Å². The first-order valence-electron chi connectivity index (χ1n) is 11.6. The Bertz CT molecular complexity index is 1080. The van der Waals surface area contributed by atoms with Gasteiger partial charge in [-0.1, -0.05) is 31.4 Å². The topological polar surface area (TPSA) is 87.7 Å². The van der Waals surface area contributed by atoms with Gasteiger partial charge in [-0.05, 0) is 68.1 Å². The molecule has 2 fully saturated rings. The zero-order valence-electron chi connectivity index (χ0n) is 19.3. The van der Waals surface area contributed by atoms with Crippen LogP contribution in [0.5, 0.6) is 0 Å². The van der Waals surface area contributed by atoms with Crippen LogP contribution in [0.3, 0.4) is 0 Å². The quantitative estimate of drug-likeness (QED) is 0.641. The molecule has 2 aromatic rings. The van der Waals surface area contributed by atoms with Gasteiger partial charge in [0.2, 0.25) is 15.9 Å². The van der Waals surface area contributed by atoms with Crippen LogP contribution in [0.4, 0.5) is 11.4 Å². The molecule has 8 heteroatoms. The van der Waals surface area contributed by atoms with Gasteiger partial charge in [0.25, 0.3) is 0 Å². The molecule has 1 aliphatic carbocycles. The Hall–Kier alpha value is -2.42. The van der Waals surface area contributed by atoms with Gasteiger partial charge >= 0.3 is 0 Å². The van der Waals surface area contributed by atoms with Crippen LogP contribution in [0, 0.1) is 6.92 Å². The van der Waals surface area contributed by atoms with E-state index in [1.807, 2.05) is 37.3 Å². The van der Waals surface area contributed by atoms with Crippen LogP contribution in [0.1, 0.15) is 44.1 Å². The number of aryl methyl sites for hydroxylation is 1. The van der Waals surface area contributed by atoms with Crippen molar-refractivity contribution in [1.29, 1.82) is 0 Å². The number of ether oxygens (including phenoxy) is 1. The molecule has 1 saturated carbocycles. The molecule has 0 bridgehead atoms. The van der Waals surface area contributed by atoms with E-state index in [4.69, 9.17) is 4.74 Å². The molecule has 2 aliphatic rings. The molecule has 1 aliphatic heterocycles. The van der Waals surface area contributed by atoms with Crippen molar-refractivity contribution in [2.45, 2.75) is 62.0 Å². The fourth-order valence-corrected chi connectivity index (χ4v) is 6.32. The number of nitrogens with zero attached hydrogens (tertiary/aromatic N) is 1. The van der Waals surface area contributed by atoms with Crippen LogP contribution in [-0.2, 0) is 19.6 Å². The molecule has 1 unspecified atom stereocenters. The summed E-state index contributed by atoms with van der Waals surface area (Å²) in [5.41, 5.74) is 1.45. The zero-order chi connectivity index (χ0) is 23.5. The van der Waals surface area contributed by atoms with Gasteiger partial charge in [0.05, 0.1) is 11.0 Å². The molecule has 2 N–H and O–H groups in total. The fourth-order valence-electron chi connectivity index (χ4n) is 4.79. The molecule has 33 heavy (non-hydrogen) atoms. The molecule has 1 heterocycles. The third-order valence-corrected chi connectivity index (χ3v) is 8.27. The average Bonchev–Trinajstić information content (AvgIpc) is 3.29. The average molecular weight is 472 g/mol. The minimum absolute atomic E-state index is 0.185. The first-order chi connectivity index (χ1) is 15.8. The highest BCUT2D eigenvalue weighted by atomic mass is 32.2. The summed E-state index contributed by atoms with van der Waals surface area (Å²) in [4.78, 5) is 15.9. The van der Waals surface area contributed by atoms with Crippen molar-refractivity contribution in [1.82, 2.24) is 4.72 Å². The maximum atomic E-state index is 13.4. The Morgan fingerprint density at radius 3 is 2.45 bits per heavy atom. The molecule has 7 nitrogen and oxygen atoms in total. The highest BCUT2D eigenvalue weighted by molar-refractivity contribution is 7.89. The van der Waals surface area contributed by atoms with Crippen molar-refractivity contribution in [3.05, 3.63) is 54.1 Å². The van der Waals surface area contributed by atoms with Crippen molar-refractivity contribution in [3.63, 3.8) is 0 Å². The van der Waals surface area contributed by atoms with Crippen molar-refractivity contribution in [2.24, 2.45) is 0 Å². The van der Waals surface area contributed by atoms with Crippen LogP contribution < -0.4 is 14.9 Å². The predicted octanol–water partition coefficient (Wildman–Crippen LogP) is 3.84. The molecular weight excluding hydrogens is 438 g/mol. The summed E-state index contributed by atoms with van der Waals surface area (Å²) in [6.45, 7) is 3.64. The first kappa shape index (κ1) is 23.7. The van der Waals surface area contributed by atoms with Gasteiger partial charge in [-0.25, -0.2) is 8.42 Å². The van der Waals surface area contributed by atoms with Crippen LogP contribution >= 0.6 is 0 Å². The lowest BCUT2D eigenvalue weighted by Gasteiger charge is -2.36. The lowest BCUT2D eigenvalue weighted by Crippen LogP contribution is -2.57.